The number of benzene rings is 2. The van der Waals surface area contributed by atoms with Crippen LogP contribution in [0, 0.1) is 0 Å². The lowest BCUT2D eigenvalue weighted by Crippen LogP contribution is -2.19. The summed E-state index contributed by atoms with van der Waals surface area (Å²) in [6.45, 7) is 5.98. The van der Waals surface area contributed by atoms with E-state index in [-0.39, 0.29) is 11.3 Å². The molecule has 2 aromatic heterocycles. The molecule has 3 amide bonds. The van der Waals surface area contributed by atoms with Crippen LogP contribution in [0.25, 0.3) is 10.9 Å². The molecular weight excluding hydrogens is 406 g/mol. The standard InChI is InChI=1S/C24H23N5O3/c1-24(2,3)20-14-21(29-32-20)28-23(31)26-17-11-9-16(10-12-17)25-22(30)19-13-8-15-6-4-5-7-18(15)27-19/h4-14H,1-3H3,(H,25,30)(H2,26,28,29,31). The zero-order valence-corrected chi connectivity index (χ0v) is 18.0. The van der Waals surface area contributed by atoms with Gasteiger partial charge in [0, 0.05) is 28.2 Å². The number of nitrogens with zero attached hydrogens (tertiary/aromatic N) is 2. The Kier molecular flexibility index (Phi) is 5.59. The summed E-state index contributed by atoms with van der Waals surface area (Å²) in [5.74, 6) is 0.697. The van der Waals surface area contributed by atoms with Gasteiger partial charge in [0.2, 0.25) is 0 Å². The van der Waals surface area contributed by atoms with Gasteiger partial charge in [0.25, 0.3) is 5.91 Å². The summed E-state index contributed by atoms with van der Waals surface area (Å²) in [4.78, 5) is 29.1. The number of pyridine rings is 1. The molecule has 0 atom stereocenters. The summed E-state index contributed by atoms with van der Waals surface area (Å²) >= 11 is 0. The van der Waals surface area contributed by atoms with Gasteiger partial charge < -0.3 is 15.2 Å². The van der Waals surface area contributed by atoms with E-state index >= 15 is 0 Å². The molecule has 3 N–H and O–H groups in total. The van der Waals surface area contributed by atoms with Crippen molar-refractivity contribution < 1.29 is 14.1 Å². The summed E-state index contributed by atoms with van der Waals surface area (Å²) in [6, 6.07) is 19.2. The number of aromatic nitrogens is 2. The number of carbonyl (C=O) groups excluding carboxylic acids is 2. The molecule has 4 aromatic rings. The second kappa shape index (κ2) is 8.50. The molecule has 0 saturated carbocycles. The van der Waals surface area contributed by atoms with E-state index in [1.165, 1.54) is 0 Å². The van der Waals surface area contributed by atoms with Gasteiger partial charge in [-0.1, -0.05) is 50.2 Å². The summed E-state index contributed by atoms with van der Waals surface area (Å²) in [5.41, 5.74) is 2.03. The van der Waals surface area contributed by atoms with Crippen molar-refractivity contribution in [2.24, 2.45) is 0 Å². The highest BCUT2D eigenvalue weighted by Gasteiger charge is 2.20. The van der Waals surface area contributed by atoms with Crippen molar-refractivity contribution in [1.29, 1.82) is 0 Å². The maximum Gasteiger partial charge on any atom is 0.324 e. The van der Waals surface area contributed by atoms with E-state index in [1.807, 2.05) is 51.1 Å². The lowest BCUT2D eigenvalue weighted by molar-refractivity contribution is 0.102. The fourth-order valence-corrected chi connectivity index (χ4v) is 2.99. The maximum absolute atomic E-state index is 12.5. The van der Waals surface area contributed by atoms with Gasteiger partial charge in [0.1, 0.15) is 11.5 Å². The third kappa shape index (κ3) is 4.92. The van der Waals surface area contributed by atoms with Gasteiger partial charge in [-0.2, -0.15) is 0 Å². The van der Waals surface area contributed by atoms with Gasteiger partial charge in [-0.15, -0.1) is 0 Å². The molecule has 0 saturated heterocycles. The Hall–Kier alpha value is -4.20. The van der Waals surface area contributed by atoms with Crippen LogP contribution in [-0.4, -0.2) is 22.1 Å². The molecule has 0 spiro atoms. The summed E-state index contributed by atoms with van der Waals surface area (Å²) in [5, 5.41) is 13.0. The normalized spacial score (nSPS) is 11.2. The van der Waals surface area contributed by atoms with Crippen molar-refractivity contribution in [2.45, 2.75) is 26.2 Å². The van der Waals surface area contributed by atoms with Crippen molar-refractivity contribution in [1.82, 2.24) is 10.1 Å². The third-order valence-corrected chi connectivity index (χ3v) is 4.72. The fourth-order valence-electron chi connectivity index (χ4n) is 2.99. The Morgan fingerprint density at radius 1 is 0.844 bits per heavy atom. The molecule has 162 valence electrons. The number of urea groups is 1. The SMILES string of the molecule is CC(C)(C)c1cc(NC(=O)Nc2ccc(NC(=O)c3ccc4ccccc4n3)cc2)no1. The Balaban J connectivity index is 1.35. The van der Waals surface area contributed by atoms with Gasteiger partial charge in [-0.05, 0) is 36.4 Å². The molecule has 0 aliphatic carbocycles. The number of carbonyl (C=O) groups is 2. The van der Waals surface area contributed by atoms with Crippen molar-refractivity contribution in [3.05, 3.63) is 78.2 Å². The summed E-state index contributed by atoms with van der Waals surface area (Å²) in [6.07, 6.45) is 0. The Morgan fingerprint density at radius 2 is 1.53 bits per heavy atom. The van der Waals surface area contributed by atoms with Crippen LogP contribution in [0.5, 0.6) is 0 Å². The first-order valence-electron chi connectivity index (χ1n) is 10.1. The molecule has 8 nitrogen and oxygen atoms in total. The minimum atomic E-state index is -0.448. The molecule has 0 aliphatic rings. The van der Waals surface area contributed by atoms with Gasteiger partial charge >= 0.3 is 6.03 Å². The quantitative estimate of drug-likeness (QED) is 0.401. The maximum atomic E-state index is 12.5. The number of fused-ring (bicyclic) bond motifs is 1. The number of para-hydroxylation sites is 1. The Morgan fingerprint density at radius 3 is 2.22 bits per heavy atom. The van der Waals surface area contributed by atoms with Gasteiger partial charge in [0.15, 0.2) is 5.82 Å². The number of hydrogen-bond acceptors (Lipinski definition) is 5. The third-order valence-electron chi connectivity index (χ3n) is 4.72. The minimum absolute atomic E-state index is 0.202. The first-order chi connectivity index (χ1) is 15.3. The predicted molar refractivity (Wildman–Crippen MR) is 124 cm³/mol. The topological polar surface area (TPSA) is 109 Å². The monoisotopic (exact) mass is 429 g/mol. The van der Waals surface area contributed by atoms with Crippen molar-refractivity contribution in [2.75, 3.05) is 16.0 Å². The van der Waals surface area contributed by atoms with Crippen molar-refractivity contribution in [3.8, 4) is 0 Å². The van der Waals surface area contributed by atoms with E-state index in [9.17, 15) is 9.59 Å². The van der Waals surface area contributed by atoms with Crippen LogP contribution in [0.4, 0.5) is 22.0 Å². The van der Waals surface area contributed by atoms with E-state index in [2.05, 4.69) is 26.1 Å². The average Bonchev–Trinajstić information content (AvgIpc) is 3.23. The van der Waals surface area contributed by atoms with E-state index < -0.39 is 6.03 Å². The van der Waals surface area contributed by atoms with Gasteiger partial charge in [-0.25, -0.2) is 9.78 Å². The van der Waals surface area contributed by atoms with Crippen molar-refractivity contribution in [3.63, 3.8) is 0 Å². The van der Waals surface area contributed by atoms with Crippen LogP contribution in [0.3, 0.4) is 0 Å². The van der Waals surface area contributed by atoms with E-state index in [4.69, 9.17) is 4.52 Å². The molecule has 8 heteroatoms. The molecule has 32 heavy (non-hydrogen) atoms. The molecule has 0 unspecified atom stereocenters. The van der Waals surface area contributed by atoms with Crippen LogP contribution in [-0.2, 0) is 5.41 Å². The zero-order chi connectivity index (χ0) is 22.7. The molecular formula is C24H23N5O3. The molecule has 4 rings (SSSR count). The highest BCUT2D eigenvalue weighted by molar-refractivity contribution is 6.04. The first kappa shape index (κ1) is 21.0. The van der Waals surface area contributed by atoms with Gasteiger partial charge in [-0.3, -0.25) is 10.1 Å². The first-order valence-corrected chi connectivity index (χ1v) is 10.1. The zero-order valence-electron chi connectivity index (χ0n) is 18.0. The van der Waals surface area contributed by atoms with Crippen LogP contribution in [0.1, 0.15) is 37.0 Å². The number of rotatable bonds is 4. The second-order valence-corrected chi connectivity index (χ2v) is 8.33. The average molecular weight is 429 g/mol. The largest absolute Gasteiger partial charge is 0.359 e. The van der Waals surface area contributed by atoms with Crippen molar-refractivity contribution >= 4 is 40.0 Å². The van der Waals surface area contributed by atoms with E-state index in [0.29, 0.717) is 28.6 Å². The molecule has 0 fully saturated rings. The Bertz CT molecular complexity index is 1270. The van der Waals surface area contributed by atoms with Crippen LogP contribution in [0.15, 0.2) is 71.3 Å². The molecule has 0 bridgehead atoms. The van der Waals surface area contributed by atoms with E-state index in [1.54, 1.807) is 36.4 Å². The van der Waals surface area contributed by atoms with Crippen LogP contribution in [0.2, 0.25) is 0 Å². The molecule has 2 aromatic carbocycles. The van der Waals surface area contributed by atoms with Crippen LogP contribution < -0.4 is 16.0 Å². The number of amides is 3. The predicted octanol–water partition coefficient (Wildman–Crippen LogP) is 5.42. The molecule has 2 heterocycles. The minimum Gasteiger partial charge on any atom is -0.359 e. The number of anilines is 3. The van der Waals surface area contributed by atoms with Gasteiger partial charge in [0.05, 0.1) is 5.52 Å². The summed E-state index contributed by atoms with van der Waals surface area (Å²) in [7, 11) is 0. The molecule has 0 radical (unpaired) electrons. The number of nitrogens with one attached hydrogen (secondary N) is 3. The highest BCUT2D eigenvalue weighted by atomic mass is 16.5. The smallest absolute Gasteiger partial charge is 0.324 e. The highest BCUT2D eigenvalue weighted by Crippen LogP contribution is 2.24. The number of hydrogen-bond donors (Lipinski definition) is 3. The second-order valence-electron chi connectivity index (χ2n) is 8.33. The lowest BCUT2D eigenvalue weighted by atomic mass is 9.93. The van der Waals surface area contributed by atoms with E-state index in [0.717, 1.165) is 10.9 Å². The fraction of sp³-hybridized carbons (Fsp3) is 0.167. The molecule has 0 aliphatic heterocycles. The lowest BCUT2D eigenvalue weighted by Gasteiger charge is -2.12. The van der Waals surface area contributed by atoms with Crippen LogP contribution >= 0.6 is 0 Å². The Labute approximate surface area is 185 Å². The summed E-state index contributed by atoms with van der Waals surface area (Å²) < 4.78 is 5.26.